The van der Waals surface area contributed by atoms with Gasteiger partial charge in [-0.2, -0.15) is 0 Å². The number of nitrogens with one attached hydrogen (secondary N) is 1. The molecule has 1 aliphatic rings. The molecule has 0 unspecified atom stereocenters. The minimum Gasteiger partial charge on any atom is -0.361 e. The van der Waals surface area contributed by atoms with Gasteiger partial charge in [-0.25, -0.2) is 0 Å². The average Bonchev–Trinajstić information content (AvgIpc) is 2.31. The molecule has 0 aliphatic carbocycles. The molecule has 0 atom stereocenters. The number of anilines is 1. The molecule has 5 nitrogen and oxygen atoms in total. The van der Waals surface area contributed by atoms with Gasteiger partial charge in [0.25, 0.3) is 11.8 Å². The van der Waals surface area contributed by atoms with Gasteiger partial charge in [0.1, 0.15) is 0 Å². The fraction of sp³-hybridized carbons (Fsp3) is 0.0909. The maximum absolute atomic E-state index is 11.5. The zero-order chi connectivity index (χ0) is 11.5. The van der Waals surface area contributed by atoms with Crippen molar-refractivity contribution in [2.75, 3.05) is 5.32 Å². The first-order valence-electron chi connectivity index (χ1n) is 4.75. The number of allylic oxidation sites excluding steroid dienone is 1. The van der Waals surface area contributed by atoms with Gasteiger partial charge in [0, 0.05) is 0 Å². The van der Waals surface area contributed by atoms with Crippen LogP contribution in [0.15, 0.2) is 40.7 Å². The third-order valence-corrected chi connectivity index (χ3v) is 2.15. The topological polar surface area (TPSA) is 70.9 Å². The quantitative estimate of drug-likeness (QED) is 0.823. The lowest BCUT2D eigenvalue weighted by atomic mass is 10.0. The zero-order valence-electron chi connectivity index (χ0n) is 8.60. The number of fused-ring (bicyclic) bond motifs is 1. The Kier molecular flexibility index (Phi) is 2.59. The van der Waals surface area contributed by atoms with Crippen LogP contribution in [0.25, 0.3) is 0 Å². The Bertz CT molecular complexity index is 518. The highest BCUT2D eigenvalue weighted by Crippen LogP contribution is 2.25. The van der Waals surface area contributed by atoms with Gasteiger partial charge in [0.05, 0.1) is 16.8 Å². The second-order valence-corrected chi connectivity index (χ2v) is 3.18. The van der Waals surface area contributed by atoms with E-state index in [-0.39, 0.29) is 11.1 Å². The fourth-order valence-corrected chi connectivity index (χ4v) is 1.45. The van der Waals surface area contributed by atoms with Crippen molar-refractivity contribution < 1.29 is 9.59 Å². The lowest BCUT2D eigenvalue weighted by molar-refractivity contribution is 0.0921. The molecule has 2 rings (SSSR count). The van der Waals surface area contributed by atoms with E-state index in [1.807, 2.05) is 6.92 Å². The average molecular weight is 215 g/mol. The van der Waals surface area contributed by atoms with Gasteiger partial charge in [-0.3, -0.25) is 9.59 Å². The Labute approximate surface area is 91.9 Å². The van der Waals surface area contributed by atoms with E-state index in [2.05, 4.69) is 15.5 Å². The summed E-state index contributed by atoms with van der Waals surface area (Å²) in [5.74, 6) is -0.985. The first-order valence-corrected chi connectivity index (χ1v) is 4.75. The number of rotatable bonds is 2. The van der Waals surface area contributed by atoms with Crippen LogP contribution in [0, 0.1) is 0 Å². The minimum absolute atomic E-state index is 0.278. The van der Waals surface area contributed by atoms with Gasteiger partial charge in [0.15, 0.2) is 0 Å². The maximum atomic E-state index is 11.5. The number of carbonyl (C=O) groups excluding carboxylic acids is 2. The molecule has 0 bridgehead atoms. The van der Waals surface area contributed by atoms with Crippen LogP contribution in [-0.2, 0) is 0 Å². The van der Waals surface area contributed by atoms with Crippen LogP contribution < -0.4 is 5.32 Å². The van der Waals surface area contributed by atoms with Crippen molar-refractivity contribution >= 4 is 17.5 Å². The predicted octanol–water partition coefficient (Wildman–Crippen LogP) is 2.38. The van der Waals surface area contributed by atoms with E-state index in [1.54, 1.807) is 30.5 Å². The van der Waals surface area contributed by atoms with E-state index >= 15 is 0 Å². The Balaban J connectivity index is 2.55. The molecule has 1 aromatic rings. The van der Waals surface area contributed by atoms with E-state index < -0.39 is 11.8 Å². The second-order valence-electron chi connectivity index (χ2n) is 3.18. The molecule has 80 valence electrons. The molecule has 1 aromatic carbocycles. The molecule has 0 fully saturated rings. The molecule has 1 N–H and O–H groups in total. The van der Waals surface area contributed by atoms with Crippen molar-refractivity contribution in [3.8, 4) is 0 Å². The highest BCUT2D eigenvalue weighted by atomic mass is 16.2. The van der Waals surface area contributed by atoms with Crippen LogP contribution in [0.5, 0.6) is 0 Å². The summed E-state index contributed by atoms with van der Waals surface area (Å²) in [6.07, 6.45) is 3.47. The van der Waals surface area contributed by atoms with Crippen molar-refractivity contribution in [1.82, 2.24) is 0 Å². The van der Waals surface area contributed by atoms with Crippen molar-refractivity contribution in [3.63, 3.8) is 0 Å². The second kappa shape index (κ2) is 4.06. The van der Waals surface area contributed by atoms with E-state index in [0.717, 1.165) is 0 Å². The van der Waals surface area contributed by atoms with Gasteiger partial charge in [-0.1, -0.05) is 12.1 Å². The summed E-state index contributed by atoms with van der Waals surface area (Å²) < 4.78 is 0. The summed E-state index contributed by atoms with van der Waals surface area (Å²) in [7, 11) is 0. The molecule has 0 saturated carbocycles. The number of amides is 2. The summed E-state index contributed by atoms with van der Waals surface area (Å²) >= 11 is 0. The van der Waals surface area contributed by atoms with Gasteiger partial charge in [-0.05, 0) is 25.3 Å². The highest BCUT2D eigenvalue weighted by Gasteiger charge is 2.24. The summed E-state index contributed by atoms with van der Waals surface area (Å²) in [5, 5.41) is 9.48. The van der Waals surface area contributed by atoms with E-state index in [1.165, 1.54) is 0 Å². The smallest absolute Gasteiger partial charge is 0.298 e. The number of benzene rings is 1. The number of azo groups is 1. The standard InChI is InChI=1S/C11H9N3O2/c1-2-6-12-8-5-3-4-7-9(8)11(16)14-13-10(7)15/h2-6,12H,1H3. The van der Waals surface area contributed by atoms with Crippen LogP contribution in [0.4, 0.5) is 5.69 Å². The Hall–Kier alpha value is -2.30. The molecule has 1 heterocycles. The largest absolute Gasteiger partial charge is 0.361 e. The van der Waals surface area contributed by atoms with Crippen molar-refractivity contribution in [3.05, 3.63) is 41.6 Å². The van der Waals surface area contributed by atoms with Crippen LogP contribution in [0.3, 0.4) is 0 Å². The number of hydrogen-bond donors (Lipinski definition) is 1. The van der Waals surface area contributed by atoms with Crippen LogP contribution >= 0.6 is 0 Å². The van der Waals surface area contributed by atoms with Crippen molar-refractivity contribution in [2.24, 2.45) is 10.2 Å². The summed E-state index contributed by atoms with van der Waals surface area (Å²) in [6, 6.07) is 4.97. The summed E-state index contributed by atoms with van der Waals surface area (Å²) in [5.41, 5.74) is 1.13. The first kappa shape index (κ1) is 10.2. The maximum Gasteiger partial charge on any atom is 0.298 e. The number of carbonyl (C=O) groups is 2. The third-order valence-electron chi connectivity index (χ3n) is 2.15. The Morgan fingerprint density at radius 1 is 1.19 bits per heavy atom. The van der Waals surface area contributed by atoms with Gasteiger partial charge >= 0.3 is 0 Å². The van der Waals surface area contributed by atoms with E-state index in [0.29, 0.717) is 5.69 Å². The van der Waals surface area contributed by atoms with Gasteiger partial charge in [-0.15, -0.1) is 10.2 Å². The molecular formula is C11H9N3O2. The lowest BCUT2D eigenvalue weighted by Crippen LogP contribution is -2.13. The van der Waals surface area contributed by atoms with E-state index in [4.69, 9.17) is 0 Å². The van der Waals surface area contributed by atoms with Crippen molar-refractivity contribution in [1.29, 1.82) is 0 Å². The molecule has 5 heteroatoms. The Morgan fingerprint density at radius 2 is 1.94 bits per heavy atom. The van der Waals surface area contributed by atoms with Crippen molar-refractivity contribution in [2.45, 2.75) is 6.92 Å². The molecular weight excluding hydrogens is 206 g/mol. The minimum atomic E-state index is -0.498. The SMILES string of the molecule is CC=CNc1cccc2c1C(=O)N=NC2=O. The van der Waals surface area contributed by atoms with Crippen LogP contribution in [0.2, 0.25) is 0 Å². The first-order chi connectivity index (χ1) is 7.74. The highest BCUT2D eigenvalue weighted by molar-refractivity contribution is 6.14. The third kappa shape index (κ3) is 1.63. The monoisotopic (exact) mass is 215 g/mol. The molecule has 0 spiro atoms. The molecule has 0 aromatic heterocycles. The number of nitrogens with zero attached hydrogens (tertiary/aromatic N) is 2. The number of hydrogen-bond acceptors (Lipinski definition) is 3. The Morgan fingerprint density at radius 3 is 2.69 bits per heavy atom. The van der Waals surface area contributed by atoms with Crippen LogP contribution in [-0.4, -0.2) is 11.8 Å². The molecule has 2 amide bonds. The lowest BCUT2D eigenvalue weighted by Gasteiger charge is -2.11. The van der Waals surface area contributed by atoms with Crippen LogP contribution in [0.1, 0.15) is 27.6 Å². The summed E-state index contributed by atoms with van der Waals surface area (Å²) in [4.78, 5) is 22.9. The predicted molar refractivity (Wildman–Crippen MR) is 58.4 cm³/mol. The normalized spacial score (nSPS) is 14.3. The fourth-order valence-electron chi connectivity index (χ4n) is 1.45. The molecule has 1 aliphatic heterocycles. The van der Waals surface area contributed by atoms with E-state index in [9.17, 15) is 9.59 Å². The van der Waals surface area contributed by atoms with Gasteiger partial charge < -0.3 is 5.32 Å². The van der Waals surface area contributed by atoms with Gasteiger partial charge in [0.2, 0.25) is 0 Å². The molecule has 0 radical (unpaired) electrons. The molecule has 16 heavy (non-hydrogen) atoms. The molecule has 0 saturated heterocycles. The summed E-state index contributed by atoms with van der Waals surface area (Å²) in [6.45, 7) is 1.84. The zero-order valence-corrected chi connectivity index (χ0v) is 8.60.